The summed E-state index contributed by atoms with van der Waals surface area (Å²) >= 11 is 5.94. The van der Waals surface area contributed by atoms with Crippen molar-refractivity contribution < 1.29 is 0 Å². The molecule has 4 heteroatoms. The van der Waals surface area contributed by atoms with E-state index in [0.29, 0.717) is 12.0 Å². The van der Waals surface area contributed by atoms with Gasteiger partial charge in [-0.25, -0.2) is 0 Å². The second kappa shape index (κ2) is 5.08. The third kappa shape index (κ3) is 2.38. The quantitative estimate of drug-likeness (QED) is 0.743. The first-order valence-electron chi connectivity index (χ1n) is 7.24. The van der Waals surface area contributed by atoms with Gasteiger partial charge < -0.3 is 5.32 Å². The van der Waals surface area contributed by atoms with E-state index in [9.17, 15) is 0 Å². The van der Waals surface area contributed by atoms with Crippen molar-refractivity contribution in [1.29, 1.82) is 0 Å². The molecule has 1 aliphatic rings. The first-order chi connectivity index (χ1) is 10.3. The van der Waals surface area contributed by atoms with E-state index in [2.05, 4.69) is 39.8 Å². The number of halogens is 1. The monoisotopic (exact) mass is 297 g/mol. The van der Waals surface area contributed by atoms with E-state index in [1.54, 1.807) is 0 Å². The van der Waals surface area contributed by atoms with Crippen LogP contribution in [0.15, 0.2) is 48.7 Å². The average Bonchev–Trinajstić information content (AvgIpc) is 2.93. The van der Waals surface area contributed by atoms with E-state index >= 15 is 0 Å². The van der Waals surface area contributed by atoms with Crippen LogP contribution in [-0.4, -0.2) is 16.2 Å². The minimum Gasteiger partial charge on any atom is -0.382 e. The van der Waals surface area contributed by atoms with Crippen LogP contribution in [0.3, 0.4) is 0 Å². The Bertz CT molecular complexity index is 757. The molecule has 0 aliphatic heterocycles. The molecule has 21 heavy (non-hydrogen) atoms. The van der Waals surface area contributed by atoms with Gasteiger partial charge in [0.2, 0.25) is 0 Å². The molecule has 106 valence electrons. The van der Waals surface area contributed by atoms with Crippen LogP contribution < -0.4 is 5.32 Å². The maximum atomic E-state index is 5.94. The normalized spacial score (nSPS) is 21.2. The molecular weight excluding hydrogens is 282 g/mol. The van der Waals surface area contributed by atoms with Crippen LogP contribution in [0.1, 0.15) is 24.3 Å². The summed E-state index contributed by atoms with van der Waals surface area (Å²) in [5.41, 5.74) is 3.63. The molecule has 0 saturated heterocycles. The smallest absolute Gasteiger partial charge is 0.0671 e. The van der Waals surface area contributed by atoms with Gasteiger partial charge in [0.1, 0.15) is 0 Å². The number of benzene rings is 2. The van der Waals surface area contributed by atoms with Crippen molar-refractivity contribution in [3.63, 3.8) is 0 Å². The number of hydrogen-bond acceptors (Lipinski definition) is 2. The first-order valence-corrected chi connectivity index (χ1v) is 7.61. The number of H-pyrrole nitrogens is 1. The minimum atomic E-state index is 0.533. The molecule has 1 fully saturated rings. The van der Waals surface area contributed by atoms with Crippen LogP contribution in [0.25, 0.3) is 10.9 Å². The topological polar surface area (TPSA) is 40.7 Å². The van der Waals surface area contributed by atoms with Gasteiger partial charge >= 0.3 is 0 Å². The average molecular weight is 298 g/mol. The molecule has 0 amide bonds. The van der Waals surface area contributed by atoms with Gasteiger partial charge in [0, 0.05) is 22.1 Å². The molecule has 2 aromatic carbocycles. The highest BCUT2D eigenvalue weighted by atomic mass is 35.5. The third-order valence-corrected chi connectivity index (χ3v) is 4.58. The number of hydrogen-bond donors (Lipinski definition) is 2. The number of aromatic nitrogens is 2. The Morgan fingerprint density at radius 2 is 1.90 bits per heavy atom. The zero-order valence-corrected chi connectivity index (χ0v) is 12.3. The van der Waals surface area contributed by atoms with Crippen LogP contribution in [0, 0.1) is 0 Å². The molecule has 1 aromatic heterocycles. The van der Waals surface area contributed by atoms with Gasteiger partial charge in [-0.1, -0.05) is 29.8 Å². The van der Waals surface area contributed by atoms with Crippen LogP contribution in [0.2, 0.25) is 5.02 Å². The minimum absolute atomic E-state index is 0.533. The Morgan fingerprint density at radius 3 is 2.71 bits per heavy atom. The van der Waals surface area contributed by atoms with Crippen molar-refractivity contribution in [2.24, 2.45) is 0 Å². The van der Waals surface area contributed by atoms with Gasteiger partial charge in [-0.15, -0.1) is 0 Å². The number of fused-ring (bicyclic) bond motifs is 1. The standard InChI is InChI=1S/C17H16ClN3/c18-13-6-4-11(5-7-13)12-8-14(9-12)20-16-2-1-3-17-15(16)10-19-21-17/h1-7,10,12,14,20H,8-9H2,(H,19,21). The summed E-state index contributed by atoms with van der Waals surface area (Å²) in [6.45, 7) is 0. The highest BCUT2D eigenvalue weighted by molar-refractivity contribution is 6.30. The Morgan fingerprint density at radius 1 is 1.10 bits per heavy atom. The maximum Gasteiger partial charge on any atom is 0.0671 e. The van der Waals surface area contributed by atoms with Gasteiger partial charge in [-0.2, -0.15) is 5.10 Å². The fraction of sp³-hybridized carbons (Fsp3) is 0.235. The molecule has 2 N–H and O–H groups in total. The summed E-state index contributed by atoms with van der Waals surface area (Å²) in [6.07, 6.45) is 4.21. The number of anilines is 1. The number of aromatic amines is 1. The van der Waals surface area contributed by atoms with Crippen molar-refractivity contribution in [3.05, 3.63) is 59.2 Å². The van der Waals surface area contributed by atoms with E-state index < -0.39 is 0 Å². The lowest BCUT2D eigenvalue weighted by molar-refractivity contribution is 0.374. The second-order valence-corrected chi connectivity index (χ2v) is 6.13. The molecule has 3 nitrogen and oxygen atoms in total. The molecule has 4 rings (SSSR count). The van der Waals surface area contributed by atoms with Crippen LogP contribution >= 0.6 is 11.6 Å². The van der Waals surface area contributed by atoms with Gasteiger partial charge in [0.25, 0.3) is 0 Å². The van der Waals surface area contributed by atoms with E-state index in [1.807, 2.05) is 24.4 Å². The fourth-order valence-electron chi connectivity index (χ4n) is 3.06. The highest BCUT2D eigenvalue weighted by Gasteiger charge is 2.30. The second-order valence-electron chi connectivity index (χ2n) is 5.70. The number of nitrogens with zero attached hydrogens (tertiary/aromatic N) is 1. The Balaban J connectivity index is 1.44. The largest absolute Gasteiger partial charge is 0.382 e. The van der Waals surface area contributed by atoms with Crippen LogP contribution in [-0.2, 0) is 0 Å². The first kappa shape index (κ1) is 12.7. The SMILES string of the molecule is Clc1ccc(C2CC(Nc3cccc4[nH]ncc34)C2)cc1. The van der Waals surface area contributed by atoms with Crippen molar-refractivity contribution in [2.45, 2.75) is 24.8 Å². The Labute approximate surface area is 128 Å². The van der Waals surface area contributed by atoms with E-state index in [4.69, 9.17) is 11.6 Å². The van der Waals surface area contributed by atoms with Gasteiger partial charge in [-0.3, -0.25) is 5.10 Å². The van der Waals surface area contributed by atoms with Crippen molar-refractivity contribution in [3.8, 4) is 0 Å². The lowest BCUT2D eigenvalue weighted by atomic mass is 9.76. The molecule has 1 saturated carbocycles. The van der Waals surface area contributed by atoms with E-state index in [0.717, 1.165) is 28.8 Å². The molecule has 1 aliphatic carbocycles. The molecule has 0 atom stereocenters. The number of rotatable bonds is 3. The van der Waals surface area contributed by atoms with Crippen molar-refractivity contribution in [2.75, 3.05) is 5.32 Å². The van der Waals surface area contributed by atoms with Crippen LogP contribution in [0.5, 0.6) is 0 Å². The Hall–Kier alpha value is -2.00. The van der Waals surface area contributed by atoms with Gasteiger partial charge in [0.15, 0.2) is 0 Å². The zero-order valence-electron chi connectivity index (χ0n) is 11.5. The molecule has 0 bridgehead atoms. The molecule has 0 unspecified atom stereocenters. The Kier molecular flexibility index (Phi) is 3.08. The predicted molar refractivity (Wildman–Crippen MR) is 86.9 cm³/mol. The predicted octanol–water partition coefficient (Wildman–Crippen LogP) is 4.57. The zero-order chi connectivity index (χ0) is 14.2. The lowest BCUT2D eigenvalue weighted by Crippen LogP contribution is -2.34. The van der Waals surface area contributed by atoms with E-state index in [1.165, 1.54) is 11.3 Å². The summed E-state index contributed by atoms with van der Waals surface area (Å²) in [5, 5.41) is 12.7. The summed E-state index contributed by atoms with van der Waals surface area (Å²) < 4.78 is 0. The molecular formula is C17H16ClN3. The molecule has 0 radical (unpaired) electrons. The van der Waals surface area contributed by atoms with E-state index in [-0.39, 0.29) is 0 Å². The number of nitrogens with one attached hydrogen (secondary N) is 2. The lowest BCUT2D eigenvalue weighted by Gasteiger charge is -2.37. The van der Waals surface area contributed by atoms with Gasteiger partial charge in [-0.05, 0) is 48.6 Å². The summed E-state index contributed by atoms with van der Waals surface area (Å²) in [6, 6.07) is 15.0. The van der Waals surface area contributed by atoms with Crippen molar-refractivity contribution in [1.82, 2.24) is 10.2 Å². The summed E-state index contributed by atoms with van der Waals surface area (Å²) in [7, 11) is 0. The maximum absolute atomic E-state index is 5.94. The highest BCUT2D eigenvalue weighted by Crippen LogP contribution is 2.39. The third-order valence-electron chi connectivity index (χ3n) is 4.32. The summed E-state index contributed by atoms with van der Waals surface area (Å²) in [4.78, 5) is 0. The van der Waals surface area contributed by atoms with Crippen LogP contribution in [0.4, 0.5) is 5.69 Å². The fourth-order valence-corrected chi connectivity index (χ4v) is 3.18. The molecule has 1 heterocycles. The molecule has 3 aromatic rings. The van der Waals surface area contributed by atoms with Crippen molar-refractivity contribution >= 4 is 28.2 Å². The summed E-state index contributed by atoms with van der Waals surface area (Å²) in [5.74, 6) is 0.642. The van der Waals surface area contributed by atoms with Gasteiger partial charge in [0.05, 0.1) is 11.7 Å². The molecule has 0 spiro atoms.